The zero-order chi connectivity index (χ0) is 39.2. The van der Waals surface area contributed by atoms with E-state index in [0.717, 1.165) is 36.4 Å². The Balaban J connectivity index is 1.25. The number of rotatable bonds is 9. The van der Waals surface area contributed by atoms with Crippen molar-refractivity contribution in [2.75, 3.05) is 22.9 Å². The zero-order valence-electron chi connectivity index (χ0n) is 28.8. The summed E-state index contributed by atoms with van der Waals surface area (Å²) in [5, 5.41) is 22.5. The van der Waals surface area contributed by atoms with Crippen LogP contribution in [0.2, 0.25) is 10.0 Å². The molecule has 0 bridgehead atoms. The van der Waals surface area contributed by atoms with Crippen molar-refractivity contribution < 1.29 is 31.8 Å². The molecule has 5 aromatic rings. The van der Waals surface area contributed by atoms with Crippen LogP contribution in [0.1, 0.15) is 60.0 Å². The summed E-state index contributed by atoms with van der Waals surface area (Å²) in [5.74, 6) is -4.46. The molecule has 7 rings (SSSR count). The lowest BCUT2D eigenvalue weighted by molar-refractivity contribution is -0.384. The standard InChI is InChI=1S/C40H31Cl2F5N4O4/c41-29-21-31(43)27(19-37(29)50(52)53)35-11-12-36(28-20-38(51(54)55)30(42)22-32(28)44)49(35)26-17-33(45)39(34(46)18-26)48-15-13-25(14-16-48)40(47,23-7-3-1-4-8-23)24-9-5-2-6-10-24/h1-10,17-22,25,35-36H,11-16H2/t35-,36-/m1/s1. The molecule has 15 heteroatoms. The number of nitro benzene ring substituents is 2. The van der Waals surface area contributed by atoms with Crippen LogP contribution < -0.4 is 9.80 Å². The molecule has 2 aliphatic heterocycles. The van der Waals surface area contributed by atoms with E-state index in [1.807, 2.05) is 0 Å². The molecule has 284 valence electrons. The fourth-order valence-corrected chi connectivity index (χ4v) is 8.62. The number of alkyl halides is 1. The predicted octanol–water partition coefficient (Wildman–Crippen LogP) is 11.6. The summed E-state index contributed by atoms with van der Waals surface area (Å²) in [6, 6.07) is 20.5. The molecule has 2 fully saturated rings. The van der Waals surface area contributed by atoms with E-state index in [1.54, 1.807) is 60.7 Å². The van der Waals surface area contributed by atoms with Crippen molar-refractivity contribution in [3.63, 3.8) is 0 Å². The first-order valence-electron chi connectivity index (χ1n) is 17.4. The molecule has 0 N–H and O–H groups in total. The number of anilines is 2. The highest BCUT2D eigenvalue weighted by Crippen LogP contribution is 2.51. The van der Waals surface area contributed by atoms with Gasteiger partial charge in [-0.25, -0.2) is 22.0 Å². The van der Waals surface area contributed by atoms with Gasteiger partial charge in [-0.15, -0.1) is 0 Å². The lowest BCUT2D eigenvalue weighted by Crippen LogP contribution is -2.42. The number of nitro groups is 2. The van der Waals surface area contributed by atoms with E-state index < -0.39 is 78.2 Å². The van der Waals surface area contributed by atoms with Gasteiger partial charge in [0.25, 0.3) is 11.4 Å². The summed E-state index contributed by atoms with van der Waals surface area (Å²) in [6.07, 6.45) is 0.506. The molecule has 0 amide bonds. The number of hydrogen-bond donors (Lipinski definition) is 0. The van der Waals surface area contributed by atoms with Crippen molar-refractivity contribution in [2.24, 2.45) is 5.92 Å². The van der Waals surface area contributed by atoms with Crippen LogP contribution in [0.5, 0.6) is 0 Å². The Morgan fingerprint density at radius 1 is 0.618 bits per heavy atom. The highest BCUT2D eigenvalue weighted by Gasteiger charge is 2.45. The summed E-state index contributed by atoms with van der Waals surface area (Å²) >= 11 is 11.9. The molecule has 2 aliphatic rings. The molecule has 2 saturated heterocycles. The van der Waals surface area contributed by atoms with E-state index in [4.69, 9.17) is 23.2 Å². The highest BCUT2D eigenvalue weighted by molar-refractivity contribution is 6.33. The fraction of sp³-hybridized carbons (Fsp3) is 0.250. The van der Waals surface area contributed by atoms with Gasteiger partial charge in [0.2, 0.25) is 0 Å². The maximum atomic E-state index is 17.3. The third-order valence-corrected chi connectivity index (χ3v) is 11.3. The first-order valence-corrected chi connectivity index (χ1v) is 18.1. The van der Waals surface area contributed by atoms with Crippen molar-refractivity contribution in [3.8, 4) is 0 Å². The quantitative estimate of drug-likeness (QED) is 0.0838. The average Bonchev–Trinajstić information content (AvgIpc) is 3.59. The van der Waals surface area contributed by atoms with Crippen LogP contribution in [-0.4, -0.2) is 22.9 Å². The number of piperidine rings is 1. The van der Waals surface area contributed by atoms with Gasteiger partial charge >= 0.3 is 0 Å². The van der Waals surface area contributed by atoms with Gasteiger partial charge in [0.05, 0.1) is 21.9 Å². The third kappa shape index (κ3) is 6.95. The normalized spacial score (nSPS) is 17.8. The number of nitrogens with zero attached hydrogens (tertiary/aromatic N) is 4. The van der Waals surface area contributed by atoms with Crippen LogP contribution in [0, 0.1) is 49.4 Å². The van der Waals surface area contributed by atoms with Crippen molar-refractivity contribution in [1.82, 2.24) is 0 Å². The molecular weight excluding hydrogens is 766 g/mol. The molecule has 0 aromatic heterocycles. The van der Waals surface area contributed by atoms with Crippen LogP contribution in [0.4, 0.5) is 44.7 Å². The molecular formula is C40H31Cl2F5N4O4. The van der Waals surface area contributed by atoms with E-state index in [0.29, 0.717) is 11.1 Å². The van der Waals surface area contributed by atoms with Gasteiger partial charge in [-0.2, -0.15) is 0 Å². The van der Waals surface area contributed by atoms with Crippen molar-refractivity contribution in [1.29, 1.82) is 0 Å². The monoisotopic (exact) mass is 796 g/mol. The molecule has 2 heterocycles. The van der Waals surface area contributed by atoms with E-state index in [1.165, 1.54) is 9.80 Å². The van der Waals surface area contributed by atoms with Crippen molar-refractivity contribution in [2.45, 2.75) is 43.4 Å². The lowest BCUT2D eigenvalue weighted by atomic mass is 9.73. The second-order valence-corrected chi connectivity index (χ2v) is 14.5. The summed E-state index contributed by atoms with van der Waals surface area (Å²) < 4.78 is 81.1. The Kier molecular flexibility index (Phi) is 10.4. The molecule has 0 spiro atoms. The Hall–Kier alpha value is -5.27. The molecule has 0 radical (unpaired) electrons. The first kappa shape index (κ1) is 38.0. The third-order valence-electron chi connectivity index (χ3n) is 10.7. The van der Waals surface area contributed by atoms with E-state index in [2.05, 4.69) is 0 Å². The van der Waals surface area contributed by atoms with Gasteiger partial charge in [-0.05, 0) is 61.1 Å². The van der Waals surface area contributed by atoms with Crippen LogP contribution >= 0.6 is 23.2 Å². The Labute approximate surface area is 322 Å². The molecule has 0 unspecified atom stereocenters. The molecule has 2 atom stereocenters. The number of halogens is 7. The summed E-state index contributed by atoms with van der Waals surface area (Å²) in [5.41, 5.74) is -3.21. The largest absolute Gasteiger partial charge is 0.367 e. The Morgan fingerprint density at radius 2 is 1.04 bits per heavy atom. The second kappa shape index (κ2) is 15.1. The molecule has 0 saturated carbocycles. The minimum Gasteiger partial charge on any atom is -0.367 e. The fourth-order valence-electron chi connectivity index (χ4n) is 8.18. The van der Waals surface area contributed by atoms with E-state index >= 15 is 22.0 Å². The van der Waals surface area contributed by atoms with E-state index in [9.17, 15) is 20.2 Å². The van der Waals surface area contributed by atoms with E-state index in [-0.39, 0.29) is 61.3 Å². The van der Waals surface area contributed by atoms with Gasteiger partial charge in [0.15, 0.2) is 17.3 Å². The van der Waals surface area contributed by atoms with Crippen molar-refractivity contribution >= 4 is 46.0 Å². The van der Waals surface area contributed by atoms with Gasteiger partial charge < -0.3 is 9.80 Å². The number of hydrogen-bond acceptors (Lipinski definition) is 6. The summed E-state index contributed by atoms with van der Waals surface area (Å²) in [6.45, 7) is 0.217. The summed E-state index contributed by atoms with van der Waals surface area (Å²) in [4.78, 5) is 24.7. The molecule has 5 aromatic carbocycles. The van der Waals surface area contributed by atoms with Gasteiger partial charge in [0.1, 0.15) is 27.4 Å². The second-order valence-electron chi connectivity index (χ2n) is 13.6. The maximum absolute atomic E-state index is 17.3. The maximum Gasteiger partial charge on any atom is 0.288 e. The van der Waals surface area contributed by atoms with Gasteiger partial charge in [0, 0.05) is 48.0 Å². The van der Waals surface area contributed by atoms with Crippen molar-refractivity contribution in [3.05, 3.63) is 173 Å². The smallest absolute Gasteiger partial charge is 0.288 e. The average molecular weight is 798 g/mol. The molecule has 0 aliphatic carbocycles. The van der Waals surface area contributed by atoms with Crippen LogP contribution in [0.25, 0.3) is 0 Å². The lowest BCUT2D eigenvalue weighted by Gasteiger charge is -2.41. The number of benzene rings is 5. The van der Waals surface area contributed by atoms with Crippen LogP contribution in [0.15, 0.2) is 97.1 Å². The highest BCUT2D eigenvalue weighted by atomic mass is 35.5. The van der Waals surface area contributed by atoms with Gasteiger partial charge in [-0.3, -0.25) is 20.2 Å². The SMILES string of the molecule is O=[N+]([O-])c1cc([C@H]2CC[C@H](c3cc([N+](=O)[O-])c(Cl)cc3F)N2c2cc(F)c(N3CCC(C(F)(c4ccccc4)c4ccccc4)CC3)c(F)c2)c(F)cc1Cl. The Bertz CT molecular complexity index is 2140. The van der Waals surface area contributed by atoms with Crippen LogP contribution in [0.3, 0.4) is 0 Å². The van der Waals surface area contributed by atoms with Crippen LogP contribution in [-0.2, 0) is 5.67 Å². The van der Waals surface area contributed by atoms with Gasteiger partial charge in [-0.1, -0.05) is 83.9 Å². The first-order chi connectivity index (χ1) is 26.3. The minimum atomic E-state index is -1.87. The Morgan fingerprint density at radius 3 is 1.44 bits per heavy atom. The topological polar surface area (TPSA) is 92.8 Å². The summed E-state index contributed by atoms with van der Waals surface area (Å²) in [7, 11) is 0. The molecule has 55 heavy (non-hydrogen) atoms. The minimum absolute atomic E-state index is 0.00253. The molecule has 8 nitrogen and oxygen atoms in total. The predicted molar refractivity (Wildman–Crippen MR) is 199 cm³/mol. The zero-order valence-corrected chi connectivity index (χ0v) is 30.3.